The molecule has 2 aromatic rings. The van der Waals surface area contributed by atoms with E-state index in [0.717, 1.165) is 16.3 Å². The molecule has 0 unspecified atom stereocenters. The van der Waals surface area contributed by atoms with Gasteiger partial charge in [0.2, 0.25) is 0 Å². The first-order chi connectivity index (χ1) is 16.4. The maximum absolute atomic E-state index is 12.9. The van der Waals surface area contributed by atoms with Crippen LogP contribution >= 0.6 is 23.4 Å². The van der Waals surface area contributed by atoms with Crippen LogP contribution in [0.3, 0.4) is 0 Å². The number of allylic oxidation sites excluding steroid dienone is 1. The van der Waals surface area contributed by atoms with E-state index in [0.29, 0.717) is 27.7 Å². The fourth-order valence-corrected chi connectivity index (χ4v) is 4.70. The van der Waals surface area contributed by atoms with Crippen molar-refractivity contribution in [2.45, 2.75) is 26.8 Å². The largest absolute Gasteiger partial charge is 0.483 e. The molecule has 1 amide bonds. The number of halogens is 1. The Labute approximate surface area is 207 Å². The van der Waals surface area contributed by atoms with Gasteiger partial charge in [-0.15, -0.1) is 0 Å². The number of nitrogens with zero attached hydrogens (tertiary/aromatic N) is 2. The monoisotopic (exact) mass is 497 g/mol. The van der Waals surface area contributed by atoms with Gasteiger partial charge < -0.3 is 19.7 Å². The lowest BCUT2D eigenvalue weighted by Gasteiger charge is -2.34. The molecule has 0 radical (unpaired) electrons. The van der Waals surface area contributed by atoms with Gasteiger partial charge in [-0.05, 0) is 49.9 Å². The van der Waals surface area contributed by atoms with E-state index in [-0.39, 0.29) is 19.1 Å². The van der Waals surface area contributed by atoms with E-state index < -0.39 is 12.0 Å². The summed E-state index contributed by atoms with van der Waals surface area (Å²) in [5.41, 5.74) is 3.28. The molecule has 34 heavy (non-hydrogen) atoms. The minimum Gasteiger partial charge on any atom is -0.483 e. The third-order valence-corrected chi connectivity index (χ3v) is 6.52. The summed E-state index contributed by atoms with van der Waals surface area (Å²) in [7, 11) is 0. The first-order valence-corrected chi connectivity index (χ1v) is 12.0. The van der Waals surface area contributed by atoms with Gasteiger partial charge in [0.25, 0.3) is 5.91 Å². The number of hydrogen-bond acceptors (Lipinski definition) is 7. The normalized spacial score (nSPS) is 16.8. The fourth-order valence-electron chi connectivity index (χ4n) is 3.73. The van der Waals surface area contributed by atoms with Gasteiger partial charge in [0.15, 0.2) is 11.8 Å². The van der Waals surface area contributed by atoms with Crippen LogP contribution in [0, 0.1) is 6.92 Å². The number of amidine groups is 1. The molecular formula is C25H24ClN3O4S. The van der Waals surface area contributed by atoms with Crippen molar-refractivity contribution in [3.05, 3.63) is 81.5 Å². The van der Waals surface area contributed by atoms with Crippen molar-refractivity contribution in [2.24, 2.45) is 4.99 Å². The Kier molecular flexibility index (Phi) is 7.29. The molecule has 9 heteroatoms. The van der Waals surface area contributed by atoms with Gasteiger partial charge >= 0.3 is 5.97 Å². The Bertz CT molecular complexity index is 1220. The topological polar surface area (TPSA) is 80.2 Å². The fraction of sp³-hybridized carbons (Fsp3) is 0.240. The average molecular weight is 498 g/mol. The summed E-state index contributed by atoms with van der Waals surface area (Å²) in [6.45, 7) is 5.50. The van der Waals surface area contributed by atoms with Crippen LogP contribution in [0.4, 0.5) is 5.69 Å². The Hall–Kier alpha value is -3.23. The number of aryl methyl sites for hydroxylation is 1. The highest BCUT2D eigenvalue weighted by Gasteiger charge is 2.38. The Morgan fingerprint density at radius 1 is 1.21 bits per heavy atom. The Morgan fingerprint density at radius 2 is 2.00 bits per heavy atom. The highest BCUT2D eigenvalue weighted by Crippen LogP contribution is 2.43. The molecule has 0 saturated heterocycles. The van der Waals surface area contributed by atoms with Crippen molar-refractivity contribution in [3.8, 4) is 5.75 Å². The number of rotatable bonds is 7. The lowest BCUT2D eigenvalue weighted by Crippen LogP contribution is -2.34. The summed E-state index contributed by atoms with van der Waals surface area (Å²) in [5, 5.41) is 6.04. The van der Waals surface area contributed by atoms with Crippen molar-refractivity contribution in [1.29, 1.82) is 0 Å². The quantitative estimate of drug-likeness (QED) is 0.513. The lowest BCUT2D eigenvalue weighted by molar-refractivity contribution is -0.139. The van der Waals surface area contributed by atoms with Crippen LogP contribution in [0.1, 0.15) is 31.0 Å². The highest BCUT2D eigenvalue weighted by molar-refractivity contribution is 8.16. The van der Waals surface area contributed by atoms with E-state index >= 15 is 0 Å². The number of benzene rings is 2. The van der Waals surface area contributed by atoms with E-state index in [1.54, 1.807) is 32.0 Å². The molecule has 0 fully saturated rings. The molecule has 4 rings (SSSR count). The van der Waals surface area contributed by atoms with Gasteiger partial charge in [-0.2, -0.15) is 0 Å². The highest BCUT2D eigenvalue weighted by atomic mass is 35.5. The van der Waals surface area contributed by atoms with Crippen LogP contribution < -0.4 is 10.1 Å². The molecule has 2 aromatic carbocycles. The van der Waals surface area contributed by atoms with Gasteiger partial charge in [-0.1, -0.05) is 47.6 Å². The van der Waals surface area contributed by atoms with Gasteiger partial charge in [-0.3, -0.25) is 4.79 Å². The zero-order valence-corrected chi connectivity index (χ0v) is 20.6. The first kappa shape index (κ1) is 23.9. The van der Waals surface area contributed by atoms with E-state index in [1.807, 2.05) is 47.7 Å². The van der Waals surface area contributed by atoms with Crippen LogP contribution in [-0.4, -0.2) is 35.2 Å². The summed E-state index contributed by atoms with van der Waals surface area (Å²) >= 11 is 7.62. The van der Waals surface area contributed by atoms with Crippen molar-refractivity contribution in [1.82, 2.24) is 4.90 Å². The second-order valence-corrected chi connectivity index (χ2v) is 8.95. The van der Waals surface area contributed by atoms with Crippen LogP contribution in [0.25, 0.3) is 0 Å². The summed E-state index contributed by atoms with van der Waals surface area (Å²) < 4.78 is 11.3. The van der Waals surface area contributed by atoms with Crippen molar-refractivity contribution in [2.75, 3.05) is 18.5 Å². The number of nitrogens with one attached hydrogen (secondary N) is 1. The van der Waals surface area contributed by atoms with Crippen LogP contribution in [-0.2, 0) is 14.3 Å². The summed E-state index contributed by atoms with van der Waals surface area (Å²) in [4.78, 5) is 31.9. The third-order valence-electron chi connectivity index (χ3n) is 5.34. The maximum atomic E-state index is 12.9. The number of carbonyl (C=O) groups is 2. The lowest BCUT2D eigenvalue weighted by atomic mass is 9.94. The number of thioether (sulfide) groups is 1. The minimum atomic E-state index is -0.493. The number of amides is 1. The first-order valence-electron chi connectivity index (χ1n) is 10.7. The minimum absolute atomic E-state index is 0.210. The van der Waals surface area contributed by atoms with E-state index in [4.69, 9.17) is 21.1 Å². The second-order valence-electron chi connectivity index (χ2n) is 7.67. The van der Waals surface area contributed by atoms with Gasteiger partial charge in [0, 0.05) is 22.5 Å². The van der Waals surface area contributed by atoms with Crippen molar-refractivity contribution >= 4 is 46.1 Å². The zero-order chi connectivity index (χ0) is 24.2. The predicted molar refractivity (Wildman–Crippen MR) is 135 cm³/mol. The van der Waals surface area contributed by atoms with Crippen molar-refractivity contribution < 1.29 is 19.1 Å². The molecule has 7 nitrogen and oxygen atoms in total. The molecule has 2 aliphatic heterocycles. The molecule has 1 N–H and O–H groups in total. The molecular weight excluding hydrogens is 474 g/mol. The number of anilines is 1. The van der Waals surface area contributed by atoms with Gasteiger partial charge in [0.05, 0.1) is 23.9 Å². The Balaban J connectivity index is 1.58. The molecule has 176 valence electrons. The van der Waals surface area contributed by atoms with Gasteiger partial charge in [0.1, 0.15) is 5.75 Å². The Morgan fingerprint density at radius 3 is 2.76 bits per heavy atom. The van der Waals surface area contributed by atoms with E-state index in [2.05, 4.69) is 10.3 Å². The second kappa shape index (κ2) is 10.4. The van der Waals surface area contributed by atoms with Crippen LogP contribution in [0.5, 0.6) is 5.75 Å². The van der Waals surface area contributed by atoms with Crippen molar-refractivity contribution in [3.63, 3.8) is 0 Å². The number of ether oxygens (including phenoxy) is 2. The standard InChI is InChI=1S/C25H24ClN3O4S/c1-4-32-24(31)22-16(3)27-25-29(11-12-34-25)23(22)18-7-5-6-8-20(18)33-14-21(30)28-17-10-9-15(2)19(26)13-17/h5-13,23H,4,14H2,1-3H3,(H,28,30)/t23-/m0/s1. The van der Waals surface area contributed by atoms with Crippen LogP contribution in [0.2, 0.25) is 5.02 Å². The van der Waals surface area contributed by atoms with Crippen LogP contribution in [0.15, 0.2) is 70.3 Å². The number of aliphatic imine (C=N–C) groups is 1. The number of para-hydroxylation sites is 1. The molecule has 0 saturated carbocycles. The number of hydrogen-bond donors (Lipinski definition) is 1. The third kappa shape index (κ3) is 4.98. The van der Waals surface area contributed by atoms with Gasteiger partial charge in [-0.25, -0.2) is 9.79 Å². The summed E-state index contributed by atoms with van der Waals surface area (Å²) in [6, 6.07) is 12.2. The number of carbonyl (C=O) groups excluding carboxylic acids is 2. The smallest absolute Gasteiger partial charge is 0.338 e. The van der Waals surface area contributed by atoms with E-state index in [1.165, 1.54) is 11.8 Å². The molecule has 2 heterocycles. The molecule has 0 aliphatic carbocycles. The average Bonchev–Trinajstić information content (AvgIpc) is 3.27. The SMILES string of the molecule is CCOC(=O)C1=C(C)N=C2SC=CN2[C@H]1c1ccccc1OCC(=O)Nc1ccc(C)c(Cl)c1. The predicted octanol–water partition coefficient (Wildman–Crippen LogP) is 5.43. The number of esters is 1. The summed E-state index contributed by atoms with van der Waals surface area (Å²) in [6.07, 6.45) is 1.88. The number of fused-ring (bicyclic) bond motifs is 1. The molecule has 0 spiro atoms. The zero-order valence-electron chi connectivity index (χ0n) is 19.0. The van der Waals surface area contributed by atoms with E-state index in [9.17, 15) is 9.59 Å². The molecule has 0 bridgehead atoms. The maximum Gasteiger partial charge on any atom is 0.338 e. The molecule has 1 atom stereocenters. The summed E-state index contributed by atoms with van der Waals surface area (Å²) in [5.74, 6) is -0.262. The molecule has 0 aromatic heterocycles. The molecule has 2 aliphatic rings.